The summed E-state index contributed by atoms with van der Waals surface area (Å²) in [5.74, 6) is -0.498. The van der Waals surface area contributed by atoms with Gasteiger partial charge in [-0.1, -0.05) is 12.8 Å². The van der Waals surface area contributed by atoms with Gasteiger partial charge in [-0.15, -0.1) is 0 Å². The van der Waals surface area contributed by atoms with Crippen LogP contribution in [0.2, 0.25) is 0 Å². The predicted molar refractivity (Wildman–Crippen MR) is 73.4 cm³/mol. The van der Waals surface area contributed by atoms with Gasteiger partial charge in [0, 0.05) is 12.6 Å². The lowest BCUT2D eigenvalue weighted by atomic mass is 10.2. The van der Waals surface area contributed by atoms with Crippen LogP contribution >= 0.6 is 0 Å². The van der Waals surface area contributed by atoms with Gasteiger partial charge in [0.2, 0.25) is 0 Å². The van der Waals surface area contributed by atoms with Gasteiger partial charge in [0.25, 0.3) is 0 Å². The summed E-state index contributed by atoms with van der Waals surface area (Å²) < 4.78 is 18.3. The fourth-order valence-corrected chi connectivity index (χ4v) is 2.65. The Labute approximate surface area is 118 Å². The van der Waals surface area contributed by atoms with Gasteiger partial charge < -0.3 is 9.84 Å². The third-order valence-corrected chi connectivity index (χ3v) is 3.64. The smallest absolute Gasteiger partial charge is 0.317 e. The quantitative estimate of drug-likeness (QED) is 0.834. The average molecular weight is 281 g/mol. The van der Waals surface area contributed by atoms with Gasteiger partial charge in [0.15, 0.2) is 0 Å². The topological polar surface area (TPSA) is 49.8 Å². The van der Waals surface area contributed by atoms with Crippen LogP contribution < -0.4 is 4.74 Å². The van der Waals surface area contributed by atoms with E-state index in [-0.39, 0.29) is 12.4 Å². The van der Waals surface area contributed by atoms with Crippen molar-refractivity contribution in [2.45, 2.75) is 31.7 Å². The Hall–Kier alpha value is -1.62. The lowest BCUT2D eigenvalue weighted by Crippen LogP contribution is -2.40. The zero-order chi connectivity index (χ0) is 14.4. The number of carboxylic acids is 1. The summed E-state index contributed by atoms with van der Waals surface area (Å²) in [5.41, 5.74) is 0. The van der Waals surface area contributed by atoms with Crippen LogP contribution in [0.15, 0.2) is 24.3 Å². The third-order valence-electron chi connectivity index (χ3n) is 3.64. The van der Waals surface area contributed by atoms with E-state index in [0.29, 0.717) is 24.9 Å². The predicted octanol–water partition coefficient (Wildman–Crippen LogP) is 2.53. The van der Waals surface area contributed by atoms with E-state index in [9.17, 15) is 9.18 Å². The summed E-state index contributed by atoms with van der Waals surface area (Å²) in [6.45, 7) is 1.04. The second kappa shape index (κ2) is 7.24. The standard InChI is InChI=1S/C15H20FNO3/c16-12-5-7-14(8-6-12)20-10-9-17(11-15(18)19)13-3-1-2-4-13/h5-8,13H,1-4,9-11H2,(H,18,19). The molecule has 1 saturated carbocycles. The first kappa shape index (κ1) is 14.8. The Morgan fingerprint density at radius 1 is 1.30 bits per heavy atom. The number of aliphatic carboxylic acids is 1. The summed E-state index contributed by atoms with van der Waals surface area (Å²) in [6.07, 6.45) is 4.45. The number of carbonyl (C=O) groups is 1. The Bertz CT molecular complexity index is 429. The highest BCUT2D eigenvalue weighted by Gasteiger charge is 2.23. The number of hydrogen-bond acceptors (Lipinski definition) is 3. The SMILES string of the molecule is O=C(O)CN(CCOc1ccc(F)cc1)C1CCCC1. The molecule has 0 aromatic heterocycles. The fraction of sp³-hybridized carbons (Fsp3) is 0.533. The molecule has 0 aliphatic heterocycles. The molecule has 1 aliphatic rings. The van der Waals surface area contributed by atoms with E-state index < -0.39 is 5.97 Å². The van der Waals surface area contributed by atoms with Gasteiger partial charge in [0.05, 0.1) is 6.54 Å². The maximum Gasteiger partial charge on any atom is 0.317 e. The fourth-order valence-electron chi connectivity index (χ4n) is 2.65. The van der Waals surface area contributed by atoms with Crippen LogP contribution in [0.3, 0.4) is 0 Å². The van der Waals surface area contributed by atoms with E-state index in [2.05, 4.69) is 0 Å². The maximum absolute atomic E-state index is 12.8. The number of ether oxygens (including phenoxy) is 1. The van der Waals surface area contributed by atoms with Crippen molar-refractivity contribution in [3.63, 3.8) is 0 Å². The van der Waals surface area contributed by atoms with E-state index in [4.69, 9.17) is 9.84 Å². The van der Waals surface area contributed by atoms with Crippen LogP contribution in [-0.2, 0) is 4.79 Å². The van der Waals surface area contributed by atoms with Crippen LogP contribution in [-0.4, -0.2) is 41.7 Å². The first-order valence-electron chi connectivity index (χ1n) is 6.99. The van der Waals surface area contributed by atoms with Gasteiger partial charge in [-0.25, -0.2) is 4.39 Å². The molecule has 0 radical (unpaired) electrons. The molecule has 0 heterocycles. The molecule has 110 valence electrons. The molecular weight excluding hydrogens is 261 g/mol. The molecule has 1 aromatic rings. The molecule has 1 aliphatic carbocycles. The monoisotopic (exact) mass is 281 g/mol. The van der Waals surface area contributed by atoms with Crippen LogP contribution in [0, 0.1) is 5.82 Å². The van der Waals surface area contributed by atoms with Crippen LogP contribution in [0.1, 0.15) is 25.7 Å². The minimum Gasteiger partial charge on any atom is -0.492 e. The lowest BCUT2D eigenvalue weighted by molar-refractivity contribution is -0.139. The minimum absolute atomic E-state index is 0.0530. The zero-order valence-corrected chi connectivity index (χ0v) is 11.4. The number of carboxylic acid groups (broad SMARTS) is 1. The Morgan fingerprint density at radius 2 is 1.95 bits per heavy atom. The van der Waals surface area contributed by atoms with Crippen LogP contribution in [0.4, 0.5) is 4.39 Å². The van der Waals surface area contributed by atoms with Crippen molar-refractivity contribution in [1.82, 2.24) is 4.90 Å². The third kappa shape index (κ3) is 4.49. The highest BCUT2D eigenvalue weighted by atomic mass is 19.1. The molecule has 2 rings (SSSR count). The Morgan fingerprint density at radius 3 is 2.55 bits per heavy atom. The normalized spacial score (nSPS) is 15.7. The van der Waals surface area contributed by atoms with Gasteiger partial charge in [-0.05, 0) is 37.1 Å². The number of halogens is 1. The van der Waals surface area contributed by atoms with Crippen molar-refractivity contribution in [2.24, 2.45) is 0 Å². The molecule has 0 spiro atoms. The Balaban J connectivity index is 1.81. The zero-order valence-electron chi connectivity index (χ0n) is 11.4. The highest BCUT2D eigenvalue weighted by Crippen LogP contribution is 2.23. The summed E-state index contributed by atoms with van der Waals surface area (Å²) in [7, 11) is 0. The maximum atomic E-state index is 12.8. The van der Waals surface area contributed by atoms with Crippen molar-refractivity contribution in [1.29, 1.82) is 0 Å². The molecule has 0 bridgehead atoms. The van der Waals surface area contributed by atoms with Crippen LogP contribution in [0.25, 0.3) is 0 Å². The van der Waals surface area contributed by atoms with E-state index >= 15 is 0 Å². The second-order valence-corrected chi connectivity index (χ2v) is 5.10. The summed E-state index contributed by atoms with van der Waals surface area (Å²) >= 11 is 0. The first-order valence-corrected chi connectivity index (χ1v) is 6.99. The van der Waals surface area contributed by atoms with E-state index in [1.807, 2.05) is 4.90 Å². The molecule has 0 unspecified atom stereocenters. The second-order valence-electron chi connectivity index (χ2n) is 5.10. The lowest BCUT2D eigenvalue weighted by Gasteiger charge is -2.26. The molecule has 1 aromatic carbocycles. The van der Waals surface area contributed by atoms with Crippen molar-refractivity contribution >= 4 is 5.97 Å². The molecule has 0 amide bonds. The molecule has 0 atom stereocenters. The average Bonchev–Trinajstić information content (AvgIpc) is 2.93. The van der Waals surface area contributed by atoms with E-state index in [1.54, 1.807) is 12.1 Å². The minimum atomic E-state index is -0.807. The summed E-state index contributed by atoms with van der Waals surface area (Å²) in [6, 6.07) is 6.20. The van der Waals surface area contributed by atoms with E-state index in [1.165, 1.54) is 25.0 Å². The van der Waals surface area contributed by atoms with Crippen molar-refractivity contribution in [3.8, 4) is 5.75 Å². The molecule has 5 heteroatoms. The van der Waals surface area contributed by atoms with Gasteiger partial charge in [-0.3, -0.25) is 9.69 Å². The number of benzene rings is 1. The van der Waals surface area contributed by atoms with Crippen molar-refractivity contribution in [2.75, 3.05) is 19.7 Å². The number of hydrogen-bond donors (Lipinski definition) is 1. The van der Waals surface area contributed by atoms with Gasteiger partial charge in [-0.2, -0.15) is 0 Å². The first-order chi connectivity index (χ1) is 9.65. The molecule has 1 fully saturated rings. The largest absolute Gasteiger partial charge is 0.492 e. The van der Waals surface area contributed by atoms with Gasteiger partial charge in [0.1, 0.15) is 18.2 Å². The molecule has 4 nitrogen and oxygen atoms in total. The highest BCUT2D eigenvalue weighted by molar-refractivity contribution is 5.69. The van der Waals surface area contributed by atoms with Crippen molar-refractivity contribution < 1.29 is 19.0 Å². The Kier molecular flexibility index (Phi) is 5.35. The van der Waals surface area contributed by atoms with Crippen molar-refractivity contribution in [3.05, 3.63) is 30.1 Å². The summed E-state index contributed by atoms with van der Waals surface area (Å²) in [5, 5.41) is 8.97. The summed E-state index contributed by atoms with van der Waals surface area (Å²) in [4.78, 5) is 12.9. The van der Waals surface area contributed by atoms with Crippen LogP contribution in [0.5, 0.6) is 5.75 Å². The molecule has 1 N–H and O–H groups in total. The number of rotatable bonds is 7. The molecular formula is C15H20FNO3. The number of nitrogens with zero attached hydrogens (tertiary/aromatic N) is 1. The van der Waals surface area contributed by atoms with E-state index in [0.717, 1.165) is 12.8 Å². The van der Waals surface area contributed by atoms with Gasteiger partial charge >= 0.3 is 5.97 Å². The molecule has 0 saturated heterocycles. The molecule has 20 heavy (non-hydrogen) atoms.